The van der Waals surface area contributed by atoms with Crippen LogP contribution in [0.2, 0.25) is 0 Å². The molecule has 1 aliphatic rings. The van der Waals surface area contributed by atoms with E-state index in [0.29, 0.717) is 5.92 Å². The Bertz CT molecular complexity index is 804. The zero-order valence-electron chi connectivity index (χ0n) is 14.4. The van der Waals surface area contributed by atoms with E-state index >= 15 is 0 Å². The summed E-state index contributed by atoms with van der Waals surface area (Å²) in [6, 6.07) is 5.85. The van der Waals surface area contributed by atoms with Crippen molar-refractivity contribution in [1.29, 1.82) is 0 Å². The Kier molecular flexibility index (Phi) is 4.85. The van der Waals surface area contributed by atoms with Crippen molar-refractivity contribution >= 4 is 11.3 Å². The maximum atomic E-state index is 4.35. The third-order valence-corrected chi connectivity index (χ3v) is 5.56. The van der Waals surface area contributed by atoms with Gasteiger partial charge in [-0.1, -0.05) is 11.3 Å². The highest BCUT2D eigenvalue weighted by Gasteiger charge is 2.20. The smallest absolute Gasteiger partial charge is 0.131 e. The number of nitrogens with zero attached hydrogens (tertiary/aromatic N) is 6. The van der Waals surface area contributed by atoms with Crippen molar-refractivity contribution in [3.63, 3.8) is 0 Å². The first-order valence-electron chi connectivity index (χ1n) is 8.71. The molecule has 0 aromatic carbocycles. The van der Waals surface area contributed by atoms with Crippen LogP contribution in [0.3, 0.4) is 0 Å². The fourth-order valence-corrected chi connectivity index (χ4v) is 4.15. The van der Waals surface area contributed by atoms with Crippen LogP contribution in [0.15, 0.2) is 36.8 Å². The number of hydrogen-bond donors (Lipinski definition) is 0. The molecule has 4 rings (SSSR count). The topological polar surface area (TPSA) is 59.7 Å². The fourth-order valence-electron chi connectivity index (χ4n) is 3.31. The van der Waals surface area contributed by atoms with Crippen LogP contribution in [0.25, 0.3) is 11.4 Å². The van der Waals surface area contributed by atoms with Crippen molar-refractivity contribution in [1.82, 2.24) is 29.9 Å². The lowest BCUT2D eigenvalue weighted by Crippen LogP contribution is -2.34. The van der Waals surface area contributed by atoms with Crippen LogP contribution >= 0.6 is 11.3 Å². The zero-order chi connectivity index (χ0) is 17.1. The number of aromatic nitrogens is 5. The summed E-state index contributed by atoms with van der Waals surface area (Å²) in [5.41, 5.74) is 1.72. The van der Waals surface area contributed by atoms with Crippen molar-refractivity contribution in [3.8, 4) is 11.4 Å². The minimum absolute atomic E-state index is 0.665. The van der Waals surface area contributed by atoms with Gasteiger partial charge in [-0.3, -0.25) is 14.6 Å². The molecule has 3 aromatic heterocycles. The summed E-state index contributed by atoms with van der Waals surface area (Å²) in [5.74, 6) is 0.665. The molecule has 25 heavy (non-hydrogen) atoms. The van der Waals surface area contributed by atoms with Crippen molar-refractivity contribution in [2.45, 2.75) is 32.9 Å². The maximum absolute atomic E-state index is 4.35. The van der Waals surface area contributed by atoms with Gasteiger partial charge in [0, 0.05) is 30.4 Å². The second-order valence-corrected chi connectivity index (χ2v) is 7.93. The van der Waals surface area contributed by atoms with Crippen molar-refractivity contribution in [2.75, 3.05) is 13.1 Å². The quantitative estimate of drug-likeness (QED) is 0.705. The van der Waals surface area contributed by atoms with Gasteiger partial charge in [-0.25, -0.2) is 4.98 Å². The molecule has 3 aromatic rings. The lowest BCUT2D eigenvalue weighted by atomic mass is 9.97. The summed E-state index contributed by atoms with van der Waals surface area (Å²) in [6.45, 7) is 6.32. The molecule has 0 atom stereocenters. The average Bonchev–Trinajstić information content (AvgIpc) is 3.27. The number of pyridine rings is 1. The van der Waals surface area contributed by atoms with Crippen LogP contribution in [0.4, 0.5) is 0 Å². The Balaban J connectivity index is 1.29. The monoisotopic (exact) mass is 354 g/mol. The number of likely N-dealkylation sites (tertiary alicyclic amines) is 1. The number of piperidine rings is 1. The molecular formula is C18H22N6S. The van der Waals surface area contributed by atoms with E-state index < -0.39 is 0 Å². The third-order valence-electron chi connectivity index (χ3n) is 4.67. The van der Waals surface area contributed by atoms with E-state index in [1.54, 1.807) is 17.5 Å². The Labute approximate surface area is 151 Å². The molecule has 0 bridgehead atoms. The summed E-state index contributed by atoms with van der Waals surface area (Å²) in [7, 11) is 0. The highest BCUT2D eigenvalue weighted by atomic mass is 32.1. The molecule has 0 spiro atoms. The van der Waals surface area contributed by atoms with Crippen LogP contribution in [-0.4, -0.2) is 43.0 Å². The van der Waals surface area contributed by atoms with E-state index in [-0.39, 0.29) is 0 Å². The fraction of sp³-hybridized carbons (Fsp3) is 0.444. The summed E-state index contributed by atoms with van der Waals surface area (Å²) in [6.07, 6.45) is 8.22. The highest BCUT2D eigenvalue weighted by molar-refractivity contribution is 7.11. The van der Waals surface area contributed by atoms with Crippen LogP contribution in [-0.2, 0) is 13.1 Å². The summed E-state index contributed by atoms with van der Waals surface area (Å²) in [5, 5.41) is 9.69. The molecule has 130 valence electrons. The molecule has 4 heterocycles. The number of thiazole rings is 1. The molecule has 0 N–H and O–H groups in total. The first kappa shape index (κ1) is 16.4. The standard InChI is InChI=1S/C18H22N6S/c1-14-20-10-16(25-14)12-23-8-5-15(6-9-23)11-24-13-18(21-22-24)17-4-2-3-7-19-17/h2-4,7,10,13,15H,5-6,8-9,11-12H2,1H3. The van der Waals surface area contributed by atoms with Gasteiger partial charge in [0.25, 0.3) is 0 Å². The predicted molar refractivity (Wildman–Crippen MR) is 98.1 cm³/mol. The van der Waals surface area contributed by atoms with Gasteiger partial charge in [0.2, 0.25) is 0 Å². The van der Waals surface area contributed by atoms with Crippen LogP contribution in [0, 0.1) is 12.8 Å². The van der Waals surface area contributed by atoms with E-state index in [2.05, 4.69) is 32.1 Å². The Morgan fingerprint density at radius 2 is 2.04 bits per heavy atom. The molecule has 0 unspecified atom stereocenters. The molecule has 1 aliphatic heterocycles. The molecule has 0 radical (unpaired) electrons. The van der Waals surface area contributed by atoms with Gasteiger partial charge in [-0.15, -0.1) is 16.4 Å². The predicted octanol–water partition coefficient (Wildman–Crippen LogP) is 3.02. The summed E-state index contributed by atoms with van der Waals surface area (Å²) < 4.78 is 1.97. The molecule has 0 saturated carbocycles. The summed E-state index contributed by atoms with van der Waals surface area (Å²) in [4.78, 5) is 12.6. The van der Waals surface area contributed by atoms with Crippen molar-refractivity contribution < 1.29 is 0 Å². The molecule has 0 amide bonds. The van der Waals surface area contributed by atoms with Crippen LogP contribution < -0.4 is 0 Å². The summed E-state index contributed by atoms with van der Waals surface area (Å²) >= 11 is 1.80. The number of hydrogen-bond acceptors (Lipinski definition) is 6. The second kappa shape index (κ2) is 7.41. The van der Waals surface area contributed by atoms with Gasteiger partial charge in [-0.2, -0.15) is 0 Å². The lowest BCUT2D eigenvalue weighted by molar-refractivity contribution is 0.165. The number of rotatable bonds is 5. The SMILES string of the molecule is Cc1ncc(CN2CCC(Cn3cc(-c4ccccn4)nn3)CC2)s1. The van der Waals surface area contributed by atoms with Gasteiger partial charge in [0.15, 0.2) is 0 Å². The van der Waals surface area contributed by atoms with Crippen LogP contribution in [0.1, 0.15) is 22.7 Å². The first-order valence-corrected chi connectivity index (χ1v) is 9.53. The molecule has 7 heteroatoms. The minimum atomic E-state index is 0.665. The minimum Gasteiger partial charge on any atom is -0.298 e. The van der Waals surface area contributed by atoms with E-state index in [1.807, 2.05) is 35.3 Å². The largest absolute Gasteiger partial charge is 0.298 e. The van der Waals surface area contributed by atoms with E-state index in [1.165, 1.54) is 17.7 Å². The lowest BCUT2D eigenvalue weighted by Gasteiger charge is -2.31. The molecule has 6 nitrogen and oxygen atoms in total. The average molecular weight is 354 g/mol. The molecule has 1 saturated heterocycles. The Morgan fingerprint density at radius 1 is 1.16 bits per heavy atom. The Morgan fingerprint density at radius 3 is 2.76 bits per heavy atom. The third kappa shape index (κ3) is 4.11. The van der Waals surface area contributed by atoms with Gasteiger partial charge in [0.05, 0.1) is 16.9 Å². The second-order valence-electron chi connectivity index (χ2n) is 6.61. The van der Waals surface area contributed by atoms with Gasteiger partial charge >= 0.3 is 0 Å². The van der Waals surface area contributed by atoms with Crippen LogP contribution in [0.5, 0.6) is 0 Å². The van der Waals surface area contributed by atoms with Crippen molar-refractivity contribution in [3.05, 3.63) is 46.7 Å². The zero-order valence-corrected chi connectivity index (χ0v) is 15.2. The van der Waals surface area contributed by atoms with Crippen molar-refractivity contribution in [2.24, 2.45) is 5.92 Å². The maximum Gasteiger partial charge on any atom is 0.131 e. The molecule has 0 aliphatic carbocycles. The van der Waals surface area contributed by atoms with E-state index in [4.69, 9.17) is 0 Å². The molecular weight excluding hydrogens is 332 g/mol. The number of aryl methyl sites for hydroxylation is 1. The Hall–Kier alpha value is -2.12. The van der Waals surface area contributed by atoms with E-state index in [9.17, 15) is 0 Å². The van der Waals surface area contributed by atoms with Gasteiger partial charge in [-0.05, 0) is 50.9 Å². The van der Waals surface area contributed by atoms with Gasteiger partial charge in [0.1, 0.15) is 5.69 Å². The van der Waals surface area contributed by atoms with E-state index in [0.717, 1.165) is 42.6 Å². The first-order chi connectivity index (χ1) is 12.3. The highest BCUT2D eigenvalue weighted by Crippen LogP contribution is 2.22. The molecule has 1 fully saturated rings. The normalized spacial score (nSPS) is 16.4. The van der Waals surface area contributed by atoms with Gasteiger partial charge < -0.3 is 0 Å².